The van der Waals surface area contributed by atoms with Gasteiger partial charge in [-0.3, -0.25) is 4.79 Å². The number of esters is 1. The van der Waals surface area contributed by atoms with Gasteiger partial charge in [0.15, 0.2) is 0 Å². The molecule has 106 valence electrons. The first kappa shape index (κ1) is 17.3. The zero-order valence-corrected chi connectivity index (χ0v) is 13.9. The summed E-state index contributed by atoms with van der Waals surface area (Å²) in [6.45, 7) is 2.22. The summed E-state index contributed by atoms with van der Waals surface area (Å²) in [5, 5.41) is 3.75. The number of halogens is 1. The molecule has 0 aliphatic heterocycles. The number of hydrogen-bond donors (Lipinski definition) is 1. The van der Waals surface area contributed by atoms with E-state index in [1.807, 2.05) is 29.6 Å². The predicted molar refractivity (Wildman–Crippen MR) is 93.2 cm³/mol. The monoisotopic (exact) mass is 310 g/mol. The second kappa shape index (κ2) is 7.88. The molecule has 0 saturated carbocycles. The van der Waals surface area contributed by atoms with Gasteiger partial charge >= 0.3 is 5.97 Å². The number of rotatable bonds is 7. The van der Waals surface area contributed by atoms with E-state index in [4.69, 9.17) is 16.3 Å². The van der Waals surface area contributed by atoms with Gasteiger partial charge in [0, 0.05) is 16.8 Å². The van der Waals surface area contributed by atoms with Gasteiger partial charge in [0.05, 0.1) is 18.1 Å². The van der Waals surface area contributed by atoms with Crippen LogP contribution in [0.4, 0.5) is 5.82 Å². The van der Waals surface area contributed by atoms with E-state index in [1.54, 1.807) is 13.1 Å². The largest absolute Gasteiger partial charge is 0.466 e. The van der Waals surface area contributed by atoms with Crippen molar-refractivity contribution in [2.24, 2.45) is 0 Å². The van der Waals surface area contributed by atoms with Crippen LogP contribution >= 0.6 is 23.4 Å². The highest BCUT2D eigenvalue weighted by molar-refractivity contribution is 7.99. The van der Waals surface area contributed by atoms with Crippen molar-refractivity contribution in [1.29, 1.82) is 0 Å². The molecule has 0 saturated heterocycles. The summed E-state index contributed by atoms with van der Waals surface area (Å²) in [7, 11) is 6.14. The maximum atomic E-state index is 11.3. The van der Waals surface area contributed by atoms with E-state index >= 15 is 0 Å². The Bertz CT molecular complexity index is 471. The maximum absolute atomic E-state index is 11.3. The number of nitrogens with zero attached hydrogens (tertiary/aromatic N) is 1. The highest BCUT2D eigenvalue weighted by Crippen LogP contribution is 2.32. The van der Waals surface area contributed by atoms with E-state index in [2.05, 4.69) is 10.3 Å². The van der Waals surface area contributed by atoms with Crippen LogP contribution in [0.5, 0.6) is 0 Å². The molecule has 20 heavy (non-hydrogen) atoms. The Morgan fingerprint density at radius 3 is 2.85 bits per heavy atom. The summed E-state index contributed by atoms with van der Waals surface area (Å²) in [6, 6.07) is 1.85. The molecule has 0 spiro atoms. The van der Waals surface area contributed by atoms with Crippen molar-refractivity contribution < 1.29 is 9.53 Å². The van der Waals surface area contributed by atoms with Crippen molar-refractivity contribution in [3.05, 3.63) is 17.3 Å². The lowest BCUT2D eigenvalue weighted by Crippen LogP contribution is -2.40. The van der Waals surface area contributed by atoms with Gasteiger partial charge in [0.2, 0.25) is 0 Å². The molecular weight excluding hydrogens is 292 g/mol. The predicted octanol–water partition coefficient (Wildman–Crippen LogP) is -0.297. The molecule has 0 aromatic carbocycles. The van der Waals surface area contributed by atoms with Crippen molar-refractivity contribution in [2.45, 2.75) is 23.5 Å². The summed E-state index contributed by atoms with van der Waals surface area (Å²) in [5.41, 5.74) is 0. The number of pyridine rings is 1. The van der Waals surface area contributed by atoms with E-state index in [1.165, 1.54) is 11.8 Å². The number of nitrogens with one attached hydrogen (secondary N) is 1. The highest BCUT2D eigenvalue weighted by Gasteiger charge is 2.15. The van der Waals surface area contributed by atoms with Crippen LogP contribution in [0.2, 0.25) is 5.02 Å². The molecule has 0 atom stereocenters. The summed E-state index contributed by atoms with van der Waals surface area (Å²) in [6.07, 6.45) is 2.09. The Morgan fingerprint density at radius 2 is 2.25 bits per heavy atom. The molecule has 1 rings (SSSR count). The van der Waals surface area contributed by atoms with Crippen LogP contribution in [0, 0.1) is 0 Å². The van der Waals surface area contributed by atoms with Gasteiger partial charge in [-0.05, 0) is 18.2 Å². The quantitative estimate of drug-likeness (QED) is 0.426. The molecule has 0 radical (unpaired) electrons. The molecule has 0 aliphatic carbocycles. The van der Waals surface area contributed by atoms with Crippen molar-refractivity contribution in [3.63, 3.8) is 0 Å². The van der Waals surface area contributed by atoms with Gasteiger partial charge in [0.1, 0.15) is 29.4 Å². The fourth-order valence-electron chi connectivity index (χ4n) is 1.46. The second-order valence-electron chi connectivity index (χ2n) is 5.25. The molecule has 1 heterocycles. The van der Waals surface area contributed by atoms with Crippen LogP contribution < -0.4 is 5.32 Å². The van der Waals surface area contributed by atoms with Crippen LogP contribution in [-0.4, -0.2) is 52.1 Å². The number of hydrogen-bond acceptors (Lipinski definition) is 5. The fourth-order valence-corrected chi connectivity index (χ4v) is 2.65. The van der Waals surface area contributed by atoms with Crippen molar-refractivity contribution >= 4 is 58.7 Å². The van der Waals surface area contributed by atoms with Crippen LogP contribution in [0.1, 0.15) is 13.3 Å². The van der Waals surface area contributed by atoms with Gasteiger partial charge in [-0.1, -0.05) is 11.6 Å². The molecule has 1 N–H and O–H groups in total. The lowest BCUT2D eigenvalue weighted by Gasteiger charge is -2.22. The third kappa shape index (κ3) is 6.14. The normalized spacial score (nSPS) is 11.1. The number of anilines is 1. The smallest absolute Gasteiger partial charge is 0.306 e. The second-order valence-corrected chi connectivity index (χ2v) is 6.76. The first-order valence-electron chi connectivity index (χ1n) is 6.54. The van der Waals surface area contributed by atoms with E-state index in [0.717, 1.165) is 4.90 Å². The van der Waals surface area contributed by atoms with Gasteiger partial charge in [-0.15, -0.1) is 11.8 Å². The fraction of sp³-hybridized carbons (Fsp3) is 0.455. The molecule has 0 amide bonds. The molecule has 0 unspecified atom stereocenters. The average Bonchev–Trinajstić information content (AvgIpc) is 2.32. The number of thioether (sulfide) groups is 1. The standard InChI is InChI=1S/C11H18B3ClN2O2S/c1-2-19-8(18)4-6-20-7-3-5-16-10(9(7)15)17-11(12,13)14/h3,5H,2,4,6,12-14H2,1H3,(H,16,17). The van der Waals surface area contributed by atoms with Crippen LogP contribution in [0.25, 0.3) is 0 Å². The molecule has 0 fully saturated rings. The molecule has 1 aromatic heterocycles. The van der Waals surface area contributed by atoms with Gasteiger partial charge in [-0.25, -0.2) is 4.98 Å². The van der Waals surface area contributed by atoms with E-state index < -0.39 is 0 Å². The minimum atomic E-state index is -0.182. The molecule has 4 nitrogen and oxygen atoms in total. The van der Waals surface area contributed by atoms with E-state index in [-0.39, 0.29) is 11.2 Å². The first-order valence-corrected chi connectivity index (χ1v) is 7.91. The Kier molecular flexibility index (Phi) is 6.82. The maximum Gasteiger partial charge on any atom is 0.306 e. The minimum absolute atomic E-state index is 0.106. The number of carbonyl (C=O) groups is 1. The topological polar surface area (TPSA) is 51.2 Å². The number of carbonyl (C=O) groups excluding carboxylic acids is 1. The Balaban J connectivity index is 2.63. The van der Waals surface area contributed by atoms with Crippen LogP contribution in [0.15, 0.2) is 17.2 Å². The molecule has 0 bridgehead atoms. The highest BCUT2D eigenvalue weighted by atomic mass is 35.5. The number of aromatic nitrogens is 1. The molecule has 9 heteroatoms. The zero-order valence-electron chi connectivity index (χ0n) is 12.3. The van der Waals surface area contributed by atoms with Crippen molar-refractivity contribution in [2.75, 3.05) is 17.7 Å². The summed E-state index contributed by atoms with van der Waals surface area (Å²) < 4.78 is 4.89. The number of ether oxygens (including phenoxy) is 1. The first-order chi connectivity index (χ1) is 9.33. The Labute approximate surface area is 132 Å². The van der Waals surface area contributed by atoms with Crippen molar-refractivity contribution in [3.8, 4) is 0 Å². The molecule has 1 aromatic rings. The average molecular weight is 310 g/mol. The van der Waals surface area contributed by atoms with Gasteiger partial charge in [0.25, 0.3) is 0 Å². The molecule has 0 aliphatic rings. The van der Waals surface area contributed by atoms with E-state index in [9.17, 15) is 4.79 Å². The third-order valence-electron chi connectivity index (χ3n) is 2.22. The van der Waals surface area contributed by atoms with E-state index in [0.29, 0.717) is 29.6 Å². The summed E-state index contributed by atoms with van der Waals surface area (Å²) >= 11 is 7.86. The third-order valence-corrected chi connectivity index (χ3v) is 3.77. The van der Waals surface area contributed by atoms with Crippen LogP contribution in [-0.2, 0) is 9.53 Å². The van der Waals surface area contributed by atoms with Gasteiger partial charge < -0.3 is 10.1 Å². The SMILES string of the molecule is BC(B)(B)Nc1nccc(SCCC(=O)OCC)c1Cl. The zero-order chi connectivity index (χ0) is 15.2. The molecular formula is C11H18B3ClN2O2S. The van der Waals surface area contributed by atoms with Gasteiger partial charge in [-0.2, -0.15) is 0 Å². The van der Waals surface area contributed by atoms with Crippen LogP contribution in [0.3, 0.4) is 0 Å². The summed E-state index contributed by atoms with van der Waals surface area (Å²) in [4.78, 5) is 16.4. The Morgan fingerprint density at radius 1 is 1.55 bits per heavy atom. The summed E-state index contributed by atoms with van der Waals surface area (Å²) in [5.74, 6) is 1.12. The lowest BCUT2D eigenvalue weighted by atomic mass is 9.49. The lowest BCUT2D eigenvalue weighted by molar-refractivity contribution is -0.142. The minimum Gasteiger partial charge on any atom is -0.466 e. The van der Waals surface area contributed by atoms with Crippen molar-refractivity contribution in [1.82, 2.24) is 4.98 Å². The Hall–Kier alpha value is -0.745.